The molecule has 0 bridgehead atoms. The van der Waals surface area contributed by atoms with Crippen LogP contribution in [-0.2, 0) is 16.4 Å². The third-order valence-electron chi connectivity index (χ3n) is 8.48. The summed E-state index contributed by atoms with van der Waals surface area (Å²) in [7, 11) is -3.95. The molecule has 3 aromatic carbocycles. The zero-order valence-electron chi connectivity index (χ0n) is 22.2. The molecule has 40 heavy (non-hydrogen) atoms. The van der Waals surface area contributed by atoms with E-state index in [2.05, 4.69) is 24.2 Å². The fourth-order valence-corrected chi connectivity index (χ4v) is 7.87. The Hall–Kier alpha value is -4.06. The lowest BCUT2D eigenvalue weighted by molar-refractivity contribution is 0.228. The van der Waals surface area contributed by atoms with Gasteiger partial charge in [-0.05, 0) is 78.1 Å². The summed E-state index contributed by atoms with van der Waals surface area (Å²) < 4.78 is 44.8. The Morgan fingerprint density at radius 2 is 1.80 bits per heavy atom. The van der Waals surface area contributed by atoms with Gasteiger partial charge in [0, 0.05) is 12.1 Å². The van der Waals surface area contributed by atoms with Crippen LogP contribution in [0.1, 0.15) is 31.0 Å². The van der Waals surface area contributed by atoms with E-state index in [4.69, 9.17) is 0 Å². The van der Waals surface area contributed by atoms with Gasteiger partial charge in [-0.15, -0.1) is 0 Å². The smallest absolute Gasteiger partial charge is 0.233 e. The molecule has 6 rings (SSSR count). The third-order valence-corrected chi connectivity index (χ3v) is 10.4. The molecule has 0 N–H and O–H groups in total. The quantitative estimate of drug-likeness (QED) is 0.254. The molecule has 0 radical (unpaired) electrons. The summed E-state index contributed by atoms with van der Waals surface area (Å²) >= 11 is 0. The third kappa shape index (κ3) is 4.45. The summed E-state index contributed by atoms with van der Waals surface area (Å²) in [6.07, 6.45) is 6.42. The molecular weight excluding hydrogens is 523 g/mol. The standard InChI is InChI=1S/C32H29FN4O2S/c1-32-20-24-21-35-37(28-15-13-27(33)14-16-28)30(24)19-25(32)11-12-26(32)22-36(18-17-34)40(38,39)31-10-6-5-9-29(31)23-7-3-2-4-8-23/h2-10,13-16,19,21,26H,11-12,18,20,22H2,1H3/t26-,32+/m1/s1. The van der Waals surface area contributed by atoms with Crippen molar-refractivity contribution in [1.82, 2.24) is 14.1 Å². The first kappa shape index (κ1) is 26.2. The van der Waals surface area contributed by atoms with Crippen LogP contribution in [0.25, 0.3) is 22.9 Å². The van der Waals surface area contributed by atoms with Crippen molar-refractivity contribution in [2.24, 2.45) is 11.3 Å². The second kappa shape index (κ2) is 10.2. The summed E-state index contributed by atoms with van der Waals surface area (Å²) in [6.45, 7) is 2.24. The van der Waals surface area contributed by atoms with E-state index in [9.17, 15) is 18.1 Å². The average Bonchev–Trinajstić information content (AvgIpc) is 3.51. The molecular formula is C32H29FN4O2S. The van der Waals surface area contributed by atoms with Crippen molar-refractivity contribution in [1.29, 1.82) is 5.26 Å². The van der Waals surface area contributed by atoms with Crippen LogP contribution < -0.4 is 0 Å². The largest absolute Gasteiger partial charge is 0.244 e. The van der Waals surface area contributed by atoms with Gasteiger partial charge in [0.15, 0.2) is 0 Å². The van der Waals surface area contributed by atoms with E-state index >= 15 is 0 Å². The van der Waals surface area contributed by atoms with Crippen LogP contribution in [0.2, 0.25) is 0 Å². The number of hydrogen-bond donors (Lipinski definition) is 0. The Morgan fingerprint density at radius 1 is 1.07 bits per heavy atom. The number of allylic oxidation sites excluding steroid dienone is 1. The fraction of sp³-hybridized carbons (Fsp3) is 0.250. The molecule has 2 aliphatic carbocycles. The molecule has 6 nitrogen and oxygen atoms in total. The summed E-state index contributed by atoms with van der Waals surface area (Å²) in [5.41, 5.74) is 5.29. The lowest BCUT2D eigenvalue weighted by Gasteiger charge is -2.37. The van der Waals surface area contributed by atoms with E-state index in [0.29, 0.717) is 5.56 Å². The molecule has 202 valence electrons. The maximum Gasteiger partial charge on any atom is 0.244 e. The molecule has 0 aliphatic heterocycles. The summed E-state index contributed by atoms with van der Waals surface area (Å²) in [4.78, 5) is 0.210. The summed E-state index contributed by atoms with van der Waals surface area (Å²) in [6, 6.07) is 24.8. The summed E-state index contributed by atoms with van der Waals surface area (Å²) in [5, 5.41) is 14.2. The number of aromatic nitrogens is 2. The van der Waals surface area contributed by atoms with Crippen LogP contribution in [0.5, 0.6) is 0 Å². The van der Waals surface area contributed by atoms with Crippen LogP contribution >= 0.6 is 0 Å². The molecule has 0 unspecified atom stereocenters. The molecule has 1 heterocycles. The van der Waals surface area contributed by atoms with Gasteiger partial charge >= 0.3 is 0 Å². The first-order valence-corrected chi connectivity index (χ1v) is 14.8. The van der Waals surface area contributed by atoms with E-state index in [1.807, 2.05) is 53.3 Å². The first-order chi connectivity index (χ1) is 19.3. The number of hydrogen-bond acceptors (Lipinski definition) is 4. The Kier molecular flexibility index (Phi) is 6.65. The highest BCUT2D eigenvalue weighted by atomic mass is 32.2. The Labute approximate surface area is 234 Å². The van der Waals surface area contributed by atoms with E-state index in [-0.39, 0.29) is 35.1 Å². The molecule has 4 aromatic rings. The van der Waals surface area contributed by atoms with E-state index in [1.54, 1.807) is 24.3 Å². The zero-order valence-corrected chi connectivity index (χ0v) is 23.0. The molecule has 0 spiro atoms. The highest BCUT2D eigenvalue weighted by molar-refractivity contribution is 7.89. The zero-order chi connectivity index (χ0) is 27.9. The Bertz CT molecular complexity index is 1740. The number of benzene rings is 3. The SMILES string of the molecule is C[C@]12Cc3cnn(-c4ccc(F)cc4)c3C=C1CC[C@@H]2CN(CC#N)S(=O)(=O)c1ccccc1-c1ccccc1. The highest BCUT2D eigenvalue weighted by Gasteiger charge is 2.47. The van der Waals surface area contributed by atoms with Crippen LogP contribution in [0.4, 0.5) is 4.39 Å². The number of rotatable bonds is 7. The molecule has 1 fully saturated rings. The van der Waals surface area contributed by atoms with Gasteiger partial charge in [0.1, 0.15) is 12.4 Å². The number of halogens is 1. The highest BCUT2D eigenvalue weighted by Crippen LogP contribution is 2.53. The van der Waals surface area contributed by atoms with Crippen molar-refractivity contribution in [2.45, 2.75) is 31.1 Å². The molecule has 8 heteroatoms. The van der Waals surface area contributed by atoms with Crippen LogP contribution in [0.3, 0.4) is 0 Å². The van der Waals surface area contributed by atoms with Gasteiger partial charge in [-0.25, -0.2) is 17.5 Å². The van der Waals surface area contributed by atoms with Gasteiger partial charge in [0.2, 0.25) is 10.0 Å². The normalized spacial score (nSPS) is 20.1. The Morgan fingerprint density at radius 3 is 2.55 bits per heavy atom. The molecule has 1 aromatic heterocycles. The van der Waals surface area contributed by atoms with Crippen LogP contribution in [0.15, 0.2) is 95.5 Å². The second-order valence-corrected chi connectivity index (χ2v) is 12.7. The predicted molar refractivity (Wildman–Crippen MR) is 152 cm³/mol. The second-order valence-electron chi connectivity index (χ2n) is 10.8. The number of sulfonamides is 1. The van der Waals surface area contributed by atoms with Crippen molar-refractivity contribution in [3.8, 4) is 22.9 Å². The Balaban J connectivity index is 1.31. The van der Waals surface area contributed by atoms with Crippen molar-refractivity contribution < 1.29 is 12.8 Å². The minimum absolute atomic E-state index is 0.0353. The van der Waals surface area contributed by atoms with E-state index < -0.39 is 10.0 Å². The molecule has 2 aliphatic rings. The van der Waals surface area contributed by atoms with E-state index in [1.165, 1.54) is 22.0 Å². The lowest BCUT2D eigenvalue weighted by atomic mass is 9.70. The van der Waals surface area contributed by atoms with Crippen molar-refractivity contribution in [3.05, 3.63) is 108 Å². The van der Waals surface area contributed by atoms with Crippen molar-refractivity contribution >= 4 is 16.1 Å². The van der Waals surface area contributed by atoms with Gasteiger partial charge in [-0.3, -0.25) is 0 Å². The maximum atomic E-state index is 14.1. The van der Waals surface area contributed by atoms with Gasteiger partial charge in [0.25, 0.3) is 0 Å². The van der Waals surface area contributed by atoms with E-state index in [0.717, 1.165) is 41.8 Å². The molecule has 0 amide bonds. The molecule has 0 saturated heterocycles. The fourth-order valence-electron chi connectivity index (χ4n) is 6.27. The minimum Gasteiger partial charge on any atom is -0.233 e. The van der Waals surface area contributed by atoms with Crippen LogP contribution in [-0.4, -0.2) is 35.6 Å². The lowest BCUT2D eigenvalue weighted by Crippen LogP contribution is -2.41. The van der Waals surface area contributed by atoms with Crippen LogP contribution in [0, 0.1) is 28.5 Å². The van der Waals surface area contributed by atoms with Crippen molar-refractivity contribution in [3.63, 3.8) is 0 Å². The summed E-state index contributed by atoms with van der Waals surface area (Å²) in [5.74, 6) is -0.259. The number of nitriles is 1. The number of fused-ring (bicyclic) bond motifs is 2. The predicted octanol–water partition coefficient (Wildman–Crippen LogP) is 6.25. The van der Waals surface area contributed by atoms with Gasteiger partial charge in [-0.1, -0.05) is 61.0 Å². The first-order valence-electron chi connectivity index (χ1n) is 13.4. The van der Waals surface area contributed by atoms with Gasteiger partial charge in [0.05, 0.1) is 28.5 Å². The average molecular weight is 553 g/mol. The molecule has 2 atom stereocenters. The van der Waals surface area contributed by atoms with Gasteiger partial charge < -0.3 is 0 Å². The van der Waals surface area contributed by atoms with Crippen molar-refractivity contribution in [2.75, 3.05) is 13.1 Å². The molecule has 1 saturated carbocycles. The monoisotopic (exact) mass is 552 g/mol. The minimum atomic E-state index is -3.95. The topological polar surface area (TPSA) is 79.0 Å². The van der Waals surface area contributed by atoms with Gasteiger partial charge in [-0.2, -0.15) is 14.7 Å². The number of nitrogens with zero attached hydrogens (tertiary/aromatic N) is 4. The maximum absolute atomic E-state index is 14.1.